The molecule has 0 aliphatic rings. The predicted molar refractivity (Wildman–Crippen MR) is 56.4 cm³/mol. The van der Waals surface area contributed by atoms with E-state index in [0.717, 1.165) is 5.25 Å². The third-order valence-electron chi connectivity index (χ3n) is 1.92. The summed E-state index contributed by atoms with van der Waals surface area (Å²) < 4.78 is 0. The Balaban J connectivity index is 3.20. The maximum Gasteiger partial charge on any atom is 0.00443 e. The van der Waals surface area contributed by atoms with Gasteiger partial charge >= 0.3 is 0 Å². The van der Waals surface area contributed by atoms with E-state index in [1.54, 1.807) is 0 Å². The minimum Gasteiger partial charge on any atom is -0.159 e. The summed E-state index contributed by atoms with van der Waals surface area (Å²) in [4.78, 5) is 0. The van der Waals surface area contributed by atoms with Crippen molar-refractivity contribution in [3.8, 4) is 0 Å². The van der Waals surface area contributed by atoms with Crippen molar-refractivity contribution in [2.24, 2.45) is 0 Å². The summed E-state index contributed by atoms with van der Waals surface area (Å²) in [6.07, 6.45) is 6.84. The zero-order chi connectivity index (χ0) is 8.53. The summed E-state index contributed by atoms with van der Waals surface area (Å²) in [7, 11) is 0. The molecule has 0 heterocycles. The zero-order valence-corrected chi connectivity index (χ0v) is 9.04. The highest BCUT2D eigenvalue weighted by atomic mass is 32.2. The highest BCUT2D eigenvalue weighted by molar-refractivity contribution is 7.99. The lowest BCUT2D eigenvalue weighted by Gasteiger charge is -2.12. The van der Waals surface area contributed by atoms with Gasteiger partial charge in [-0.2, -0.15) is 11.8 Å². The zero-order valence-electron chi connectivity index (χ0n) is 8.23. The van der Waals surface area contributed by atoms with Crippen LogP contribution in [0.5, 0.6) is 0 Å². The molecule has 0 saturated carbocycles. The van der Waals surface area contributed by atoms with Crippen molar-refractivity contribution in [2.45, 2.75) is 58.1 Å². The minimum atomic E-state index is 0.937. The number of rotatable bonds is 7. The van der Waals surface area contributed by atoms with Gasteiger partial charge in [0.15, 0.2) is 0 Å². The van der Waals surface area contributed by atoms with Gasteiger partial charge in [0.1, 0.15) is 0 Å². The Bertz CT molecular complexity index is 71.3. The lowest BCUT2D eigenvalue weighted by molar-refractivity contribution is 0.717. The van der Waals surface area contributed by atoms with Crippen LogP contribution in [0, 0.1) is 0 Å². The maximum atomic E-state index is 2.30. The molecule has 0 saturated heterocycles. The summed E-state index contributed by atoms with van der Waals surface area (Å²) in [6.45, 7) is 6.85. The fraction of sp³-hybridized carbons (Fsp3) is 1.00. The Labute approximate surface area is 76.1 Å². The molecule has 68 valence electrons. The Morgan fingerprint density at radius 3 is 2.27 bits per heavy atom. The van der Waals surface area contributed by atoms with Crippen LogP contribution < -0.4 is 0 Å². The van der Waals surface area contributed by atoms with Gasteiger partial charge in [-0.15, -0.1) is 0 Å². The molecule has 0 aliphatic carbocycles. The molecule has 0 aromatic rings. The SMILES string of the molecule is CCCCSC(CC)CCC. The molecule has 0 rings (SSSR count). The molecule has 0 fully saturated rings. The quantitative estimate of drug-likeness (QED) is 0.524. The lowest BCUT2D eigenvalue weighted by atomic mass is 10.2. The summed E-state index contributed by atoms with van der Waals surface area (Å²) in [6, 6.07) is 0. The van der Waals surface area contributed by atoms with Gasteiger partial charge in [-0.25, -0.2) is 0 Å². The molecule has 1 heteroatoms. The van der Waals surface area contributed by atoms with Gasteiger partial charge in [-0.05, 0) is 25.0 Å². The van der Waals surface area contributed by atoms with E-state index in [1.165, 1.54) is 37.9 Å². The van der Waals surface area contributed by atoms with Crippen molar-refractivity contribution >= 4 is 11.8 Å². The van der Waals surface area contributed by atoms with Crippen molar-refractivity contribution < 1.29 is 0 Å². The van der Waals surface area contributed by atoms with Gasteiger partial charge < -0.3 is 0 Å². The van der Waals surface area contributed by atoms with Crippen LogP contribution in [-0.2, 0) is 0 Å². The van der Waals surface area contributed by atoms with E-state index in [2.05, 4.69) is 32.5 Å². The predicted octanol–water partition coefficient (Wildman–Crippen LogP) is 4.10. The second-order valence-corrected chi connectivity index (χ2v) is 4.45. The van der Waals surface area contributed by atoms with E-state index >= 15 is 0 Å². The van der Waals surface area contributed by atoms with Crippen LogP contribution in [0.25, 0.3) is 0 Å². The molecule has 0 aromatic heterocycles. The monoisotopic (exact) mass is 174 g/mol. The van der Waals surface area contributed by atoms with Gasteiger partial charge in [-0.3, -0.25) is 0 Å². The molecule has 0 N–H and O–H groups in total. The van der Waals surface area contributed by atoms with E-state index < -0.39 is 0 Å². The average molecular weight is 174 g/mol. The van der Waals surface area contributed by atoms with Crippen molar-refractivity contribution in [2.75, 3.05) is 5.75 Å². The number of thioether (sulfide) groups is 1. The molecule has 0 radical (unpaired) electrons. The summed E-state index contributed by atoms with van der Waals surface area (Å²) in [5.74, 6) is 1.37. The molecule has 0 bridgehead atoms. The van der Waals surface area contributed by atoms with Crippen LogP contribution in [0.3, 0.4) is 0 Å². The highest BCUT2D eigenvalue weighted by Crippen LogP contribution is 2.20. The fourth-order valence-electron chi connectivity index (χ4n) is 1.12. The summed E-state index contributed by atoms with van der Waals surface area (Å²) in [5.41, 5.74) is 0. The van der Waals surface area contributed by atoms with E-state index in [0.29, 0.717) is 0 Å². The largest absolute Gasteiger partial charge is 0.159 e. The number of hydrogen-bond donors (Lipinski definition) is 0. The second-order valence-electron chi connectivity index (χ2n) is 3.04. The molecular weight excluding hydrogens is 152 g/mol. The Morgan fingerprint density at radius 1 is 1.09 bits per heavy atom. The average Bonchev–Trinajstić information content (AvgIpc) is 2.03. The number of hydrogen-bond acceptors (Lipinski definition) is 1. The van der Waals surface area contributed by atoms with Crippen LogP contribution in [0.1, 0.15) is 52.9 Å². The van der Waals surface area contributed by atoms with Gasteiger partial charge in [-0.1, -0.05) is 33.6 Å². The van der Waals surface area contributed by atoms with Crippen LogP contribution >= 0.6 is 11.8 Å². The molecule has 0 amide bonds. The van der Waals surface area contributed by atoms with E-state index in [9.17, 15) is 0 Å². The van der Waals surface area contributed by atoms with Crippen LogP contribution in [0.2, 0.25) is 0 Å². The minimum absolute atomic E-state index is 0.937. The molecule has 0 aliphatic heterocycles. The fourth-order valence-corrected chi connectivity index (χ4v) is 2.55. The Morgan fingerprint density at radius 2 is 1.82 bits per heavy atom. The number of unbranched alkanes of at least 4 members (excludes halogenated alkanes) is 1. The van der Waals surface area contributed by atoms with E-state index in [4.69, 9.17) is 0 Å². The molecular formula is C10H22S. The lowest BCUT2D eigenvalue weighted by Crippen LogP contribution is -2.00. The molecule has 0 aromatic carbocycles. The molecule has 1 unspecified atom stereocenters. The first-order chi connectivity index (χ1) is 5.35. The van der Waals surface area contributed by atoms with Crippen molar-refractivity contribution in [1.82, 2.24) is 0 Å². The standard InChI is InChI=1S/C10H22S/c1-4-7-9-11-10(6-3)8-5-2/h10H,4-9H2,1-3H3. The van der Waals surface area contributed by atoms with Crippen molar-refractivity contribution in [1.29, 1.82) is 0 Å². The first kappa shape index (κ1) is 11.4. The Kier molecular flexibility index (Phi) is 8.72. The summed E-state index contributed by atoms with van der Waals surface area (Å²) >= 11 is 2.17. The smallest absolute Gasteiger partial charge is 0.00443 e. The first-order valence-corrected chi connectivity index (χ1v) is 6.01. The highest BCUT2D eigenvalue weighted by Gasteiger charge is 2.03. The van der Waals surface area contributed by atoms with E-state index in [1.807, 2.05) is 0 Å². The van der Waals surface area contributed by atoms with Gasteiger partial charge in [0.2, 0.25) is 0 Å². The van der Waals surface area contributed by atoms with Crippen LogP contribution in [0.15, 0.2) is 0 Å². The molecule has 1 atom stereocenters. The maximum absolute atomic E-state index is 2.30. The third-order valence-corrected chi connectivity index (χ3v) is 3.48. The molecule has 11 heavy (non-hydrogen) atoms. The van der Waals surface area contributed by atoms with Crippen LogP contribution in [0.4, 0.5) is 0 Å². The first-order valence-electron chi connectivity index (χ1n) is 4.96. The van der Waals surface area contributed by atoms with E-state index in [-0.39, 0.29) is 0 Å². The van der Waals surface area contributed by atoms with Gasteiger partial charge in [0.05, 0.1) is 0 Å². The van der Waals surface area contributed by atoms with Crippen molar-refractivity contribution in [3.05, 3.63) is 0 Å². The molecule has 0 nitrogen and oxygen atoms in total. The van der Waals surface area contributed by atoms with Crippen LogP contribution in [-0.4, -0.2) is 11.0 Å². The molecule has 0 spiro atoms. The van der Waals surface area contributed by atoms with Gasteiger partial charge in [0.25, 0.3) is 0 Å². The second kappa shape index (κ2) is 8.45. The summed E-state index contributed by atoms with van der Waals surface area (Å²) in [5, 5.41) is 0.937. The third kappa shape index (κ3) is 6.74. The normalized spacial score (nSPS) is 13.4. The topological polar surface area (TPSA) is 0 Å². The van der Waals surface area contributed by atoms with Crippen molar-refractivity contribution in [3.63, 3.8) is 0 Å². The van der Waals surface area contributed by atoms with Gasteiger partial charge in [0, 0.05) is 5.25 Å². The Hall–Kier alpha value is 0.350.